The fraction of sp³-hybridized carbons (Fsp3) is 0.312. The van der Waals surface area contributed by atoms with E-state index in [2.05, 4.69) is 41.4 Å². The minimum Gasteiger partial charge on any atom is -0.354 e. The number of halogens is 1. The highest BCUT2D eigenvalue weighted by molar-refractivity contribution is 9.10. The predicted octanol–water partition coefficient (Wildman–Crippen LogP) is 2.86. The number of aromatic nitrogens is 2. The maximum Gasteiger partial charge on any atom is 0.274 e. The van der Waals surface area contributed by atoms with E-state index in [0.29, 0.717) is 17.3 Å². The van der Waals surface area contributed by atoms with Gasteiger partial charge in [-0.05, 0) is 61.2 Å². The van der Waals surface area contributed by atoms with Crippen LogP contribution in [-0.4, -0.2) is 48.0 Å². The number of para-hydroxylation sites is 1. The van der Waals surface area contributed by atoms with Crippen molar-refractivity contribution in [3.05, 3.63) is 46.7 Å². The van der Waals surface area contributed by atoms with Gasteiger partial charge in [-0.3, -0.25) is 4.79 Å². The van der Waals surface area contributed by atoms with Gasteiger partial charge in [-0.15, -0.1) is 0 Å². The van der Waals surface area contributed by atoms with E-state index in [1.807, 2.05) is 38.4 Å². The standard InChI is InChI=1S/C16H20BrN5O/c1-22(2)11-5-9-18-16-19-10-8-14(21-16)15(23)20-13-7-4-3-6-12(13)17/h3-4,6-8,10H,5,9,11H2,1-2H3,(H,20,23)(H,18,19,21). The maximum atomic E-state index is 12.3. The number of hydrogen-bond acceptors (Lipinski definition) is 5. The number of nitrogens with one attached hydrogen (secondary N) is 2. The van der Waals surface area contributed by atoms with Crippen molar-refractivity contribution < 1.29 is 4.79 Å². The van der Waals surface area contributed by atoms with Gasteiger partial charge in [0.15, 0.2) is 0 Å². The molecule has 6 nitrogen and oxygen atoms in total. The Morgan fingerprint density at radius 2 is 2.04 bits per heavy atom. The van der Waals surface area contributed by atoms with Gasteiger partial charge in [0.25, 0.3) is 5.91 Å². The molecule has 0 aliphatic rings. The highest BCUT2D eigenvalue weighted by atomic mass is 79.9. The molecule has 0 atom stereocenters. The van der Waals surface area contributed by atoms with Crippen molar-refractivity contribution >= 4 is 33.5 Å². The molecule has 0 spiro atoms. The second-order valence-corrected chi connectivity index (χ2v) is 6.14. The molecule has 23 heavy (non-hydrogen) atoms. The Balaban J connectivity index is 1.96. The third kappa shape index (κ3) is 5.61. The minimum absolute atomic E-state index is 0.268. The lowest BCUT2D eigenvalue weighted by atomic mass is 10.3. The van der Waals surface area contributed by atoms with Crippen LogP contribution in [0.1, 0.15) is 16.9 Å². The fourth-order valence-electron chi connectivity index (χ4n) is 1.91. The molecule has 1 aromatic heterocycles. The lowest BCUT2D eigenvalue weighted by Crippen LogP contribution is -2.18. The summed E-state index contributed by atoms with van der Waals surface area (Å²) in [6.07, 6.45) is 2.56. The summed E-state index contributed by atoms with van der Waals surface area (Å²) in [5.74, 6) is 0.194. The molecule has 2 N–H and O–H groups in total. The van der Waals surface area contributed by atoms with Gasteiger partial charge in [0.2, 0.25) is 5.95 Å². The van der Waals surface area contributed by atoms with E-state index in [0.717, 1.165) is 24.0 Å². The number of amides is 1. The molecule has 0 unspecified atom stereocenters. The first-order valence-corrected chi connectivity index (χ1v) is 8.13. The van der Waals surface area contributed by atoms with Gasteiger partial charge in [0.05, 0.1) is 5.69 Å². The van der Waals surface area contributed by atoms with Crippen LogP contribution in [-0.2, 0) is 0 Å². The van der Waals surface area contributed by atoms with Crippen LogP contribution in [0.15, 0.2) is 41.0 Å². The van der Waals surface area contributed by atoms with E-state index < -0.39 is 0 Å². The first-order valence-electron chi connectivity index (χ1n) is 7.34. The van der Waals surface area contributed by atoms with Crippen LogP contribution < -0.4 is 10.6 Å². The van der Waals surface area contributed by atoms with E-state index >= 15 is 0 Å². The third-order valence-electron chi connectivity index (χ3n) is 3.08. The maximum absolute atomic E-state index is 12.3. The Kier molecular flexibility index (Phi) is 6.49. The largest absolute Gasteiger partial charge is 0.354 e. The van der Waals surface area contributed by atoms with Crippen molar-refractivity contribution in [3.63, 3.8) is 0 Å². The fourth-order valence-corrected chi connectivity index (χ4v) is 2.30. The quantitative estimate of drug-likeness (QED) is 0.726. The molecule has 0 fully saturated rings. The third-order valence-corrected chi connectivity index (χ3v) is 3.77. The topological polar surface area (TPSA) is 70.2 Å². The summed E-state index contributed by atoms with van der Waals surface area (Å²) in [5.41, 5.74) is 1.03. The average molecular weight is 378 g/mol. The number of rotatable bonds is 7. The van der Waals surface area contributed by atoms with Crippen LogP contribution in [0.25, 0.3) is 0 Å². The zero-order chi connectivity index (χ0) is 16.7. The molecule has 0 saturated heterocycles. The normalized spacial score (nSPS) is 10.6. The van der Waals surface area contributed by atoms with Crippen molar-refractivity contribution in [1.82, 2.24) is 14.9 Å². The zero-order valence-electron chi connectivity index (χ0n) is 13.2. The van der Waals surface area contributed by atoms with Crippen molar-refractivity contribution in [3.8, 4) is 0 Å². The molecule has 2 rings (SSSR count). The van der Waals surface area contributed by atoms with E-state index in [4.69, 9.17) is 0 Å². The second-order valence-electron chi connectivity index (χ2n) is 5.28. The van der Waals surface area contributed by atoms with Crippen molar-refractivity contribution in [1.29, 1.82) is 0 Å². The van der Waals surface area contributed by atoms with E-state index in [-0.39, 0.29) is 5.91 Å². The number of benzene rings is 1. The number of carbonyl (C=O) groups is 1. The summed E-state index contributed by atoms with van der Waals surface area (Å²) >= 11 is 3.40. The molecular formula is C16H20BrN5O. The average Bonchev–Trinajstić information content (AvgIpc) is 2.54. The van der Waals surface area contributed by atoms with Crippen LogP contribution in [0.2, 0.25) is 0 Å². The minimum atomic E-state index is -0.268. The van der Waals surface area contributed by atoms with Gasteiger partial charge in [0, 0.05) is 17.2 Å². The van der Waals surface area contributed by atoms with E-state index in [1.165, 1.54) is 0 Å². The van der Waals surface area contributed by atoms with E-state index in [9.17, 15) is 4.79 Å². The molecule has 0 radical (unpaired) electrons. The molecule has 7 heteroatoms. The lowest BCUT2D eigenvalue weighted by molar-refractivity contribution is 0.102. The summed E-state index contributed by atoms with van der Waals surface area (Å²) < 4.78 is 0.824. The van der Waals surface area contributed by atoms with Gasteiger partial charge < -0.3 is 15.5 Å². The van der Waals surface area contributed by atoms with Crippen LogP contribution in [0, 0.1) is 0 Å². The van der Waals surface area contributed by atoms with Crippen LogP contribution in [0.4, 0.5) is 11.6 Å². The van der Waals surface area contributed by atoms with Crippen LogP contribution >= 0.6 is 15.9 Å². The Morgan fingerprint density at radius 1 is 1.26 bits per heavy atom. The summed E-state index contributed by atoms with van der Waals surface area (Å²) in [6, 6.07) is 9.03. The van der Waals surface area contributed by atoms with Crippen LogP contribution in [0.5, 0.6) is 0 Å². The molecule has 122 valence electrons. The Bertz CT molecular complexity index is 662. The molecule has 2 aromatic rings. The summed E-state index contributed by atoms with van der Waals surface area (Å²) in [5, 5.41) is 5.96. The summed E-state index contributed by atoms with van der Waals surface area (Å²) in [7, 11) is 4.06. The van der Waals surface area contributed by atoms with Gasteiger partial charge in [0.1, 0.15) is 5.69 Å². The number of anilines is 2. The van der Waals surface area contributed by atoms with Crippen LogP contribution in [0.3, 0.4) is 0 Å². The van der Waals surface area contributed by atoms with Gasteiger partial charge in [-0.1, -0.05) is 12.1 Å². The van der Waals surface area contributed by atoms with Gasteiger partial charge >= 0.3 is 0 Å². The molecule has 0 aliphatic heterocycles. The highest BCUT2D eigenvalue weighted by Crippen LogP contribution is 2.21. The first-order chi connectivity index (χ1) is 11.1. The molecule has 1 heterocycles. The van der Waals surface area contributed by atoms with Gasteiger partial charge in [-0.25, -0.2) is 9.97 Å². The molecule has 0 bridgehead atoms. The zero-order valence-corrected chi connectivity index (χ0v) is 14.8. The lowest BCUT2D eigenvalue weighted by Gasteiger charge is -2.10. The smallest absolute Gasteiger partial charge is 0.274 e. The SMILES string of the molecule is CN(C)CCCNc1nccc(C(=O)Nc2ccccc2Br)n1. The molecule has 0 saturated carbocycles. The Hall–Kier alpha value is -1.99. The van der Waals surface area contributed by atoms with Crippen molar-refractivity contribution in [2.24, 2.45) is 0 Å². The summed E-state index contributed by atoms with van der Waals surface area (Å²) in [4.78, 5) is 22.8. The number of carbonyl (C=O) groups excluding carboxylic acids is 1. The molecule has 0 aliphatic carbocycles. The van der Waals surface area contributed by atoms with E-state index in [1.54, 1.807) is 12.3 Å². The molecular weight excluding hydrogens is 358 g/mol. The van der Waals surface area contributed by atoms with Gasteiger partial charge in [-0.2, -0.15) is 0 Å². The molecule has 1 amide bonds. The number of nitrogens with zero attached hydrogens (tertiary/aromatic N) is 3. The predicted molar refractivity (Wildman–Crippen MR) is 95.8 cm³/mol. The number of hydrogen-bond donors (Lipinski definition) is 2. The molecule has 1 aromatic carbocycles. The monoisotopic (exact) mass is 377 g/mol. The first kappa shape index (κ1) is 17.4. The van der Waals surface area contributed by atoms with Crippen molar-refractivity contribution in [2.75, 3.05) is 37.8 Å². The summed E-state index contributed by atoms with van der Waals surface area (Å²) in [6.45, 7) is 1.74. The highest BCUT2D eigenvalue weighted by Gasteiger charge is 2.10. The Labute approximate surface area is 144 Å². The van der Waals surface area contributed by atoms with Crippen molar-refractivity contribution in [2.45, 2.75) is 6.42 Å². The second kappa shape index (κ2) is 8.59. The Morgan fingerprint density at radius 3 is 2.78 bits per heavy atom.